The van der Waals surface area contributed by atoms with Gasteiger partial charge in [-0.1, -0.05) is 44.4 Å². The summed E-state index contributed by atoms with van der Waals surface area (Å²) in [5.74, 6) is -0.865. The fourth-order valence-corrected chi connectivity index (χ4v) is 5.11. The average molecular weight is 363 g/mol. The molecule has 26 heavy (non-hydrogen) atoms. The SMILES string of the molecule is CC(=O)O[C@@H](C/C(C)=C/C(=O)O)[C@]1(C)C2=C(CC[C@H]1C)C(C)(C)CCC2. The zero-order chi connectivity index (χ0) is 19.7. The number of carboxylic acids is 1. The quantitative estimate of drug-likeness (QED) is 0.410. The van der Waals surface area contributed by atoms with E-state index >= 15 is 0 Å². The molecule has 0 saturated carbocycles. The topological polar surface area (TPSA) is 63.6 Å². The highest BCUT2D eigenvalue weighted by Crippen LogP contribution is 2.57. The van der Waals surface area contributed by atoms with Crippen molar-refractivity contribution >= 4 is 11.9 Å². The maximum atomic E-state index is 11.9. The molecule has 0 saturated heterocycles. The second kappa shape index (κ2) is 7.58. The zero-order valence-corrected chi connectivity index (χ0v) is 17.1. The summed E-state index contributed by atoms with van der Waals surface area (Å²) in [5, 5.41) is 9.07. The highest BCUT2D eigenvalue weighted by Gasteiger charge is 2.50. The Balaban J connectivity index is 2.51. The van der Waals surface area contributed by atoms with Crippen molar-refractivity contribution in [3.05, 3.63) is 22.8 Å². The molecule has 0 heterocycles. The van der Waals surface area contributed by atoms with Crippen molar-refractivity contribution in [3.63, 3.8) is 0 Å². The van der Waals surface area contributed by atoms with Crippen LogP contribution in [-0.2, 0) is 14.3 Å². The van der Waals surface area contributed by atoms with Gasteiger partial charge in [0.25, 0.3) is 0 Å². The summed E-state index contributed by atoms with van der Waals surface area (Å²) in [7, 11) is 0. The molecule has 2 rings (SSSR count). The Labute approximate surface area is 157 Å². The van der Waals surface area contributed by atoms with Gasteiger partial charge in [-0.05, 0) is 50.4 Å². The van der Waals surface area contributed by atoms with Crippen LogP contribution >= 0.6 is 0 Å². The largest absolute Gasteiger partial charge is 0.478 e. The molecule has 4 nitrogen and oxygen atoms in total. The van der Waals surface area contributed by atoms with Crippen LogP contribution in [0.15, 0.2) is 22.8 Å². The van der Waals surface area contributed by atoms with E-state index in [1.54, 1.807) is 5.57 Å². The normalized spacial score (nSPS) is 29.8. The molecule has 0 fully saturated rings. The van der Waals surface area contributed by atoms with Crippen LogP contribution in [0, 0.1) is 16.7 Å². The summed E-state index contributed by atoms with van der Waals surface area (Å²) >= 11 is 0. The van der Waals surface area contributed by atoms with Gasteiger partial charge in [0, 0.05) is 24.8 Å². The maximum Gasteiger partial charge on any atom is 0.328 e. The first-order valence-corrected chi connectivity index (χ1v) is 9.78. The average Bonchev–Trinajstić information content (AvgIpc) is 2.49. The standard InChI is InChI=1S/C22H34O4/c1-14(13-20(24)25)12-19(26-16(3)23)22(6)15(2)9-10-17-18(22)8-7-11-21(17,4)5/h13,15,19H,7-12H2,1-6H3,(H,24,25)/b14-13+/t15-,19+,22+/m1/s1. The third-order valence-corrected chi connectivity index (χ3v) is 6.77. The number of rotatable bonds is 5. The molecule has 4 heteroatoms. The van der Waals surface area contributed by atoms with Gasteiger partial charge in [0.1, 0.15) is 6.10 Å². The van der Waals surface area contributed by atoms with Crippen LogP contribution in [0.4, 0.5) is 0 Å². The first kappa shape index (κ1) is 20.7. The Morgan fingerprint density at radius 2 is 1.88 bits per heavy atom. The predicted molar refractivity (Wildman–Crippen MR) is 103 cm³/mol. The molecule has 146 valence electrons. The van der Waals surface area contributed by atoms with E-state index in [4.69, 9.17) is 9.84 Å². The highest BCUT2D eigenvalue weighted by atomic mass is 16.5. The van der Waals surface area contributed by atoms with Crippen molar-refractivity contribution in [2.45, 2.75) is 86.2 Å². The van der Waals surface area contributed by atoms with Gasteiger partial charge in [0.15, 0.2) is 0 Å². The van der Waals surface area contributed by atoms with E-state index in [1.165, 1.54) is 25.0 Å². The van der Waals surface area contributed by atoms with E-state index in [0.717, 1.165) is 31.3 Å². The highest BCUT2D eigenvalue weighted by molar-refractivity contribution is 5.80. The molecular formula is C22H34O4. The zero-order valence-electron chi connectivity index (χ0n) is 17.1. The van der Waals surface area contributed by atoms with Crippen molar-refractivity contribution in [3.8, 4) is 0 Å². The summed E-state index contributed by atoms with van der Waals surface area (Å²) in [4.78, 5) is 22.9. The number of esters is 1. The van der Waals surface area contributed by atoms with E-state index in [9.17, 15) is 9.59 Å². The van der Waals surface area contributed by atoms with Gasteiger partial charge < -0.3 is 9.84 Å². The molecule has 0 radical (unpaired) electrons. The molecule has 0 aromatic heterocycles. The number of aliphatic carboxylic acids is 1. The fourth-order valence-electron chi connectivity index (χ4n) is 5.11. The van der Waals surface area contributed by atoms with Gasteiger partial charge in [0.2, 0.25) is 0 Å². The van der Waals surface area contributed by atoms with Crippen molar-refractivity contribution in [1.82, 2.24) is 0 Å². The Kier molecular flexibility index (Phi) is 6.04. The van der Waals surface area contributed by atoms with E-state index in [2.05, 4.69) is 27.7 Å². The number of hydrogen-bond donors (Lipinski definition) is 1. The molecule has 2 aliphatic rings. The Hall–Kier alpha value is -1.58. The molecule has 0 unspecified atom stereocenters. The molecule has 0 bridgehead atoms. The first-order chi connectivity index (χ1) is 12.0. The maximum absolute atomic E-state index is 11.9. The smallest absolute Gasteiger partial charge is 0.328 e. The summed E-state index contributed by atoms with van der Waals surface area (Å²) in [5.41, 5.74) is 3.69. The molecule has 0 aromatic rings. The molecule has 2 aliphatic carbocycles. The van der Waals surface area contributed by atoms with Crippen LogP contribution in [0.25, 0.3) is 0 Å². The third kappa shape index (κ3) is 4.05. The minimum absolute atomic E-state index is 0.196. The second-order valence-corrected chi connectivity index (χ2v) is 9.05. The Bertz CT molecular complexity index is 641. The summed E-state index contributed by atoms with van der Waals surface area (Å²) in [6, 6.07) is 0. The lowest BCUT2D eigenvalue weighted by Crippen LogP contribution is -2.47. The van der Waals surface area contributed by atoms with Gasteiger partial charge in [0.05, 0.1) is 0 Å². The molecule has 3 atom stereocenters. The minimum Gasteiger partial charge on any atom is -0.478 e. The van der Waals surface area contributed by atoms with Gasteiger partial charge in [-0.2, -0.15) is 0 Å². The van der Waals surface area contributed by atoms with E-state index in [1.807, 2.05) is 6.92 Å². The lowest BCUT2D eigenvalue weighted by atomic mass is 9.54. The molecule has 0 aromatic carbocycles. The van der Waals surface area contributed by atoms with Crippen LogP contribution in [0.5, 0.6) is 0 Å². The fraction of sp³-hybridized carbons (Fsp3) is 0.727. The number of hydrogen-bond acceptors (Lipinski definition) is 3. The van der Waals surface area contributed by atoms with Gasteiger partial charge in [-0.25, -0.2) is 4.79 Å². The number of carboxylic acid groups (broad SMARTS) is 1. The van der Waals surface area contributed by atoms with Crippen molar-refractivity contribution < 1.29 is 19.4 Å². The molecule has 0 aliphatic heterocycles. The van der Waals surface area contributed by atoms with Gasteiger partial charge in [-0.15, -0.1) is 0 Å². The van der Waals surface area contributed by atoms with Gasteiger partial charge >= 0.3 is 11.9 Å². The number of carbonyl (C=O) groups excluding carboxylic acids is 1. The molecule has 1 N–H and O–H groups in total. The van der Waals surface area contributed by atoms with Crippen molar-refractivity contribution in [1.29, 1.82) is 0 Å². The van der Waals surface area contributed by atoms with Crippen molar-refractivity contribution in [2.75, 3.05) is 0 Å². The summed E-state index contributed by atoms with van der Waals surface area (Å²) in [6.45, 7) is 12.4. The van der Waals surface area contributed by atoms with Crippen LogP contribution in [0.1, 0.15) is 80.1 Å². The number of carbonyl (C=O) groups is 2. The van der Waals surface area contributed by atoms with E-state index in [0.29, 0.717) is 12.3 Å². The van der Waals surface area contributed by atoms with Gasteiger partial charge in [-0.3, -0.25) is 4.79 Å². The van der Waals surface area contributed by atoms with Crippen molar-refractivity contribution in [2.24, 2.45) is 16.7 Å². The lowest BCUT2D eigenvalue weighted by molar-refractivity contribution is -0.154. The lowest BCUT2D eigenvalue weighted by Gasteiger charge is -2.52. The summed E-state index contributed by atoms with van der Waals surface area (Å²) in [6.07, 6.45) is 6.98. The van der Waals surface area contributed by atoms with Crippen LogP contribution in [0.2, 0.25) is 0 Å². The monoisotopic (exact) mass is 362 g/mol. The Morgan fingerprint density at radius 1 is 1.23 bits per heavy atom. The minimum atomic E-state index is -0.954. The second-order valence-electron chi connectivity index (χ2n) is 9.05. The molecule has 0 spiro atoms. The molecular weight excluding hydrogens is 328 g/mol. The van der Waals surface area contributed by atoms with Crippen LogP contribution in [0.3, 0.4) is 0 Å². The van der Waals surface area contributed by atoms with E-state index < -0.39 is 5.97 Å². The number of ether oxygens (including phenoxy) is 1. The first-order valence-electron chi connectivity index (χ1n) is 9.78. The summed E-state index contributed by atoms with van der Waals surface area (Å²) < 4.78 is 5.83. The van der Waals surface area contributed by atoms with E-state index in [-0.39, 0.29) is 22.9 Å². The Morgan fingerprint density at radius 3 is 2.46 bits per heavy atom. The molecule has 0 amide bonds. The van der Waals surface area contributed by atoms with Crippen LogP contribution in [-0.4, -0.2) is 23.1 Å². The third-order valence-electron chi connectivity index (χ3n) is 6.77. The predicted octanol–water partition coefficient (Wildman–Crippen LogP) is 5.28. The number of allylic oxidation sites excluding steroid dienone is 1. The van der Waals surface area contributed by atoms with Crippen LogP contribution < -0.4 is 0 Å².